The maximum absolute atomic E-state index is 5.83. The van der Waals surface area contributed by atoms with Crippen LogP contribution in [0.3, 0.4) is 0 Å². The number of nitrogens with zero attached hydrogens (tertiary/aromatic N) is 4. The lowest BCUT2D eigenvalue weighted by Crippen LogP contribution is -1.99. The van der Waals surface area contributed by atoms with Gasteiger partial charge in [-0.2, -0.15) is 0 Å². The molecule has 0 amide bonds. The van der Waals surface area contributed by atoms with Gasteiger partial charge in [0.05, 0.1) is 3.57 Å². The minimum Gasteiger partial charge on any atom is -0.438 e. The summed E-state index contributed by atoms with van der Waals surface area (Å²) in [5, 5.41) is 14.4. The van der Waals surface area contributed by atoms with Crippen LogP contribution < -0.4 is 10.1 Å². The fraction of sp³-hybridized carbons (Fsp3) is 0. The lowest BCUT2D eigenvalue weighted by molar-refractivity contribution is 0.457. The number of hydrogen-bond donors (Lipinski definition) is 1. The quantitative estimate of drug-likeness (QED) is 0.279. The van der Waals surface area contributed by atoms with Gasteiger partial charge < -0.3 is 10.1 Å². The van der Waals surface area contributed by atoms with Crippen LogP contribution in [-0.2, 0) is 0 Å². The molecule has 0 atom stereocenters. The Morgan fingerprint density at radius 1 is 0.774 bits per heavy atom. The lowest BCUT2D eigenvalue weighted by Gasteiger charge is -2.12. The van der Waals surface area contributed by atoms with E-state index >= 15 is 0 Å². The topological polar surface area (TPSA) is 72.8 Å². The molecule has 0 spiro atoms. The lowest BCUT2D eigenvalue weighted by atomic mass is 10.0. The summed E-state index contributed by atoms with van der Waals surface area (Å²) < 4.78 is 6.68. The average Bonchev–Trinajstić information content (AvgIpc) is 2.82. The van der Waals surface area contributed by atoms with E-state index in [1.807, 2.05) is 72.8 Å². The van der Waals surface area contributed by atoms with Crippen LogP contribution in [0.15, 0.2) is 91.4 Å². The Morgan fingerprint density at radius 3 is 2.29 bits per heavy atom. The number of hydrogen-bond acceptors (Lipinski definition) is 6. The number of halogens is 1. The molecule has 0 radical (unpaired) electrons. The zero-order valence-electron chi connectivity index (χ0n) is 16.2. The van der Waals surface area contributed by atoms with Gasteiger partial charge in [-0.3, -0.25) is 0 Å². The third kappa shape index (κ3) is 4.17. The van der Waals surface area contributed by atoms with E-state index in [0.717, 1.165) is 31.3 Å². The van der Waals surface area contributed by atoms with E-state index < -0.39 is 0 Å². The fourth-order valence-electron chi connectivity index (χ4n) is 3.24. The van der Waals surface area contributed by atoms with E-state index in [2.05, 4.69) is 54.1 Å². The summed E-state index contributed by atoms with van der Waals surface area (Å²) in [4.78, 5) is 8.13. The standard InChI is InChI=1S/C24H16IN5O/c25-21-14-26-15-27-24(21)31-18-12-10-17(11-13-18)28-23-20-9-5-4-8-19(20)22(29-30-23)16-6-2-1-3-7-16/h1-15H,(H,28,30). The fourth-order valence-corrected chi connectivity index (χ4v) is 3.65. The van der Waals surface area contributed by atoms with Crippen molar-refractivity contribution in [1.29, 1.82) is 0 Å². The summed E-state index contributed by atoms with van der Waals surface area (Å²) in [6.07, 6.45) is 3.18. The van der Waals surface area contributed by atoms with Crippen LogP contribution in [0.25, 0.3) is 22.0 Å². The zero-order valence-corrected chi connectivity index (χ0v) is 18.4. The van der Waals surface area contributed by atoms with Gasteiger partial charge in [0, 0.05) is 28.2 Å². The van der Waals surface area contributed by atoms with E-state index in [9.17, 15) is 0 Å². The maximum atomic E-state index is 5.83. The van der Waals surface area contributed by atoms with E-state index in [4.69, 9.17) is 4.74 Å². The molecule has 0 aliphatic heterocycles. The Kier molecular flexibility index (Phi) is 5.40. The molecule has 0 aliphatic carbocycles. The van der Waals surface area contributed by atoms with E-state index in [0.29, 0.717) is 17.4 Å². The molecule has 2 heterocycles. The molecule has 7 heteroatoms. The number of rotatable bonds is 5. The second kappa shape index (κ2) is 8.65. The van der Waals surface area contributed by atoms with Crippen molar-refractivity contribution in [3.8, 4) is 22.9 Å². The number of benzene rings is 3. The first-order chi connectivity index (χ1) is 15.3. The molecule has 1 N–H and O–H groups in total. The monoisotopic (exact) mass is 517 g/mol. The van der Waals surface area contributed by atoms with Gasteiger partial charge in [0.25, 0.3) is 0 Å². The highest BCUT2D eigenvalue weighted by Gasteiger charge is 2.11. The third-order valence-electron chi connectivity index (χ3n) is 4.70. The summed E-state index contributed by atoms with van der Waals surface area (Å²) >= 11 is 2.15. The summed E-state index contributed by atoms with van der Waals surface area (Å²) in [6, 6.07) is 25.9. The Morgan fingerprint density at radius 2 is 1.52 bits per heavy atom. The molecule has 0 bridgehead atoms. The van der Waals surface area contributed by atoms with Gasteiger partial charge in [0.1, 0.15) is 17.8 Å². The van der Waals surface area contributed by atoms with Gasteiger partial charge in [-0.05, 0) is 46.9 Å². The van der Waals surface area contributed by atoms with Crippen LogP contribution in [0.5, 0.6) is 11.6 Å². The number of anilines is 2. The van der Waals surface area contributed by atoms with Gasteiger partial charge in [-0.15, -0.1) is 10.2 Å². The zero-order chi connectivity index (χ0) is 21.0. The molecule has 0 saturated carbocycles. The number of ether oxygens (including phenoxy) is 1. The largest absolute Gasteiger partial charge is 0.438 e. The Labute approximate surface area is 192 Å². The number of nitrogens with one attached hydrogen (secondary N) is 1. The summed E-state index contributed by atoms with van der Waals surface area (Å²) in [6.45, 7) is 0. The third-order valence-corrected chi connectivity index (χ3v) is 5.44. The van der Waals surface area contributed by atoms with Crippen LogP contribution in [0.2, 0.25) is 0 Å². The Bertz CT molecular complexity index is 1340. The Balaban J connectivity index is 1.43. The number of fused-ring (bicyclic) bond motifs is 1. The second-order valence-corrected chi connectivity index (χ2v) is 7.90. The van der Waals surface area contributed by atoms with Crippen molar-refractivity contribution in [2.24, 2.45) is 0 Å². The van der Waals surface area contributed by atoms with Gasteiger partial charge in [0.2, 0.25) is 5.88 Å². The van der Waals surface area contributed by atoms with Crippen LogP contribution in [-0.4, -0.2) is 20.2 Å². The first kappa shape index (κ1) is 19.4. The van der Waals surface area contributed by atoms with Crippen LogP contribution >= 0.6 is 22.6 Å². The van der Waals surface area contributed by atoms with Crippen LogP contribution in [0.4, 0.5) is 11.5 Å². The van der Waals surface area contributed by atoms with Gasteiger partial charge in [-0.25, -0.2) is 9.97 Å². The van der Waals surface area contributed by atoms with Crippen molar-refractivity contribution in [1.82, 2.24) is 20.2 Å². The van der Waals surface area contributed by atoms with Gasteiger partial charge in [0.15, 0.2) is 5.82 Å². The van der Waals surface area contributed by atoms with Crippen molar-refractivity contribution in [3.05, 3.63) is 95.0 Å². The maximum Gasteiger partial charge on any atom is 0.235 e. The predicted octanol–water partition coefficient (Wildman–Crippen LogP) is 6.23. The molecule has 0 aliphatic rings. The van der Waals surface area contributed by atoms with Crippen molar-refractivity contribution in [3.63, 3.8) is 0 Å². The highest BCUT2D eigenvalue weighted by Crippen LogP contribution is 2.31. The second-order valence-electron chi connectivity index (χ2n) is 6.74. The van der Waals surface area contributed by atoms with E-state index in [1.165, 1.54) is 6.33 Å². The predicted molar refractivity (Wildman–Crippen MR) is 130 cm³/mol. The molecule has 2 aromatic heterocycles. The molecule has 0 fully saturated rings. The highest BCUT2D eigenvalue weighted by atomic mass is 127. The van der Waals surface area contributed by atoms with Crippen LogP contribution in [0, 0.1) is 3.57 Å². The molecule has 150 valence electrons. The smallest absolute Gasteiger partial charge is 0.235 e. The highest BCUT2D eigenvalue weighted by molar-refractivity contribution is 14.1. The normalized spacial score (nSPS) is 10.7. The minimum atomic E-state index is 0.532. The van der Waals surface area contributed by atoms with Crippen molar-refractivity contribution in [2.75, 3.05) is 5.32 Å². The molecule has 0 unspecified atom stereocenters. The van der Waals surface area contributed by atoms with Crippen LogP contribution in [0.1, 0.15) is 0 Å². The van der Waals surface area contributed by atoms with E-state index in [1.54, 1.807) is 6.20 Å². The van der Waals surface area contributed by atoms with Gasteiger partial charge in [-0.1, -0.05) is 54.6 Å². The molecular formula is C24H16IN5O. The van der Waals surface area contributed by atoms with Crippen molar-refractivity contribution >= 4 is 44.9 Å². The Hall–Kier alpha value is -3.59. The first-order valence-corrected chi connectivity index (χ1v) is 10.7. The molecule has 31 heavy (non-hydrogen) atoms. The molecule has 3 aromatic carbocycles. The minimum absolute atomic E-state index is 0.532. The average molecular weight is 517 g/mol. The van der Waals surface area contributed by atoms with Crippen molar-refractivity contribution < 1.29 is 4.74 Å². The first-order valence-electron chi connectivity index (χ1n) is 9.59. The van der Waals surface area contributed by atoms with E-state index in [-0.39, 0.29) is 0 Å². The molecule has 5 rings (SSSR count). The number of aromatic nitrogens is 4. The molecule has 5 aromatic rings. The summed E-state index contributed by atoms with van der Waals surface area (Å²) in [5.41, 5.74) is 2.79. The molecular weight excluding hydrogens is 501 g/mol. The van der Waals surface area contributed by atoms with Crippen molar-refractivity contribution in [2.45, 2.75) is 0 Å². The SMILES string of the molecule is Ic1cncnc1Oc1ccc(Nc2nnc(-c3ccccc3)c3ccccc23)cc1. The summed E-state index contributed by atoms with van der Waals surface area (Å²) in [5.74, 6) is 1.93. The molecule has 0 saturated heterocycles. The molecule has 6 nitrogen and oxygen atoms in total. The summed E-state index contributed by atoms with van der Waals surface area (Å²) in [7, 11) is 0. The van der Waals surface area contributed by atoms with Gasteiger partial charge >= 0.3 is 0 Å².